The Bertz CT molecular complexity index is 1900. The third-order valence-electron chi connectivity index (χ3n) is 8.04. The first-order chi connectivity index (χ1) is 20.6. The SMILES string of the molecule is O=C1c2cc([N+](=O)[O-])ccc2N(Cc2ccccc2)[C@H](c2c3ccccc3cc3ccccc23)N1Cc1ccccc1. The van der Waals surface area contributed by atoms with Crippen LogP contribution in [0.15, 0.2) is 133 Å². The number of benzene rings is 6. The molecular weight excluding hydrogens is 522 g/mol. The molecule has 6 aromatic carbocycles. The average Bonchev–Trinajstić information content (AvgIpc) is 3.03. The van der Waals surface area contributed by atoms with E-state index in [2.05, 4.69) is 47.4 Å². The highest BCUT2D eigenvalue weighted by Gasteiger charge is 2.41. The van der Waals surface area contributed by atoms with Crippen molar-refractivity contribution >= 4 is 38.8 Å². The monoisotopic (exact) mass is 549 g/mol. The molecule has 0 saturated heterocycles. The molecule has 204 valence electrons. The van der Waals surface area contributed by atoms with Gasteiger partial charge in [-0.3, -0.25) is 14.9 Å². The number of carbonyl (C=O) groups excluding carboxylic acids is 1. The molecule has 6 nitrogen and oxygen atoms in total. The molecule has 0 saturated carbocycles. The summed E-state index contributed by atoms with van der Waals surface area (Å²) in [6, 6.07) is 43.5. The Hall–Kier alpha value is -5.49. The Morgan fingerprint density at radius 3 is 1.71 bits per heavy atom. The molecule has 7 rings (SSSR count). The lowest BCUT2D eigenvalue weighted by Gasteiger charge is -2.46. The lowest BCUT2D eigenvalue weighted by Crippen LogP contribution is -2.49. The van der Waals surface area contributed by atoms with E-state index < -0.39 is 11.1 Å². The van der Waals surface area contributed by atoms with Crippen molar-refractivity contribution in [1.82, 2.24) is 4.90 Å². The summed E-state index contributed by atoms with van der Waals surface area (Å²) in [5.74, 6) is -0.233. The van der Waals surface area contributed by atoms with E-state index in [0.717, 1.165) is 38.2 Å². The lowest BCUT2D eigenvalue weighted by atomic mass is 9.91. The van der Waals surface area contributed by atoms with E-state index in [1.807, 2.05) is 77.7 Å². The van der Waals surface area contributed by atoms with Gasteiger partial charge in [-0.25, -0.2) is 0 Å². The number of nitro benzene ring substituents is 1. The number of amides is 1. The number of carbonyl (C=O) groups is 1. The fourth-order valence-electron chi connectivity index (χ4n) is 6.15. The van der Waals surface area contributed by atoms with Gasteiger partial charge in [-0.2, -0.15) is 0 Å². The number of non-ortho nitro benzene ring substituents is 1. The van der Waals surface area contributed by atoms with Gasteiger partial charge in [0.2, 0.25) is 0 Å². The van der Waals surface area contributed by atoms with Gasteiger partial charge in [0.15, 0.2) is 0 Å². The van der Waals surface area contributed by atoms with Crippen LogP contribution in [0.4, 0.5) is 11.4 Å². The maximum absolute atomic E-state index is 14.5. The fourth-order valence-corrected chi connectivity index (χ4v) is 6.15. The second-order valence-corrected chi connectivity index (χ2v) is 10.6. The predicted octanol–water partition coefficient (Wildman–Crippen LogP) is 8.26. The summed E-state index contributed by atoms with van der Waals surface area (Å²) in [4.78, 5) is 30.0. The molecule has 0 aliphatic carbocycles. The van der Waals surface area contributed by atoms with Gasteiger partial charge in [0.05, 0.1) is 16.2 Å². The summed E-state index contributed by atoms with van der Waals surface area (Å²) < 4.78 is 0. The van der Waals surface area contributed by atoms with E-state index in [4.69, 9.17) is 0 Å². The van der Waals surface area contributed by atoms with Gasteiger partial charge in [0.25, 0.3) is 11.6 Å². The number of fused-ring (bicyclic) bond motifs is 3. The van der Waals surface area contributed by atoms with Crippen LogP contribution in [0.25, 0.3) is 21.5 Å². The number of rotatable bonds is 6. The normalized spacial score (nSPS) is 14.8. The Morgan fingerprint density at radius 1 is 0.619 bits per heavy atom. The molecule has 6 aromatic rings. The number of hydrogen-bond donors (Lipinski definition) is 0. The Balaban J connectivity index is 1.54. The van der Waals surface area contributed by atoms with E-state index in [1.165, 1.54) is 12.1 Å². The summed E-state index contributed by atoms with van der Waals surface area (Å²) in [6.07, 6.45) is -0.483. The highest BCUT2D eigenvalue weighted by molar-refractivity contribution is 6.06. The smallest absolute Gasteiger partial charge is 0.270 e. The number of nitro groups is 1. The standard InChI is InChI=1S/C36H27N3O3/c40-36-32-22-29(39(41)42)19-20-33(32)37(23-25-11-3-1-4-12-25)35(38(36)24-26-13-5-2-6-14-26)34-30-17-9-7-15-27(30)21-28-16-8-10-18-31(28)34/h1-22,35H,23-24H2/t35-/m0/s1. The molecule has 0 unspecified atom stereocenters. The van der Waals surface area contributed by atoms with Crippen LogP contribution in [0.5, 0.6) is 0 Å². The van der Waals surface area contributed by atoms with Crippen LogP contribution in [0.3, 0.4) is 0 Å². The molecule has 0 aromatic heterocycles. The van der Waals surface area contributed by atoms with Crippen molar-refractivity contribution in [2.24, 2.45) is 0 Å². The first-order valence-corrected chi connectivity index (χ1v) is 13.9. The second-order valence-electron chi connectivity index (χ2n) is 10.6. The first kappa shape index (κ1) is 25.5. The zero-order valence-electron chi connectivity index (χ0n) is 22.8. The quantitative estimate of drug-likeness (QED) is 0.119. The van der Waals surface area contributed by atoms with Crippen LogP contribution in [-0.2, 0) is 13.1 Å². The number of anilines is 1. The molecule has 0 N–H and O–H groups in total. The van der Waals surface area contributed by atoms with E-state index in [1.54, 1.807) is 6.07 Å². The Kier molecular flexibility index (Phi) is 6.36. The highest BCUT2D eigenvalue weighted by atomic mass is 16.6. The molecule has 6 heteroatoms. The van der Waals surface area contributed by atoms with Crippen LogP contribution >= 0.6 is 0 Å². The highest BCUT2D eigenvalue weighted by Crippen LogP contribution is 2.46. The average molecular weight is 550 g/mol. The summed E-state index contributed by atoms with van der Waals surface area (Å²) in [5, 5.41) is 16.1. The van der Waals surface area contributed by atoms with Crippen LogP contribution in [0.2, 0.25) is 0 Å². The van der Waals surface area contributed by atoms with Crippen molar-refractivity contribution < 1.29 is 9.72 Å². The van der Waals surface area contributed by atoms with Crippen molar-refractivity contribution in [3.05, 3.63) is 166 Å². The minimum Gasteiger partial charge on any atom is -0.342 e. The van der Waals surface area contributed by atoms with Crippen LogP contribution < -0.4 is 4.90 Å². The second kappa shape index (κ2) is 10.5. The molecule has 0 bridgehead atoms. The lowest BCUT2D eigenvalue weighted by molar-refractivity contribution is -0.384. The first-order valence-electron chi connectivity index (χ1n) is 13.9. The third-order valence-corrected chi connectivity index (χ3v) is 8.04. The number of hydrogen-bond acceptors (Lipinski definition) is 4. The number of nitrogens with zero attached hydrogens (tertiary/aromatic N) is 3. The van der Waals surface area contributed by atoms with Crippen molar-refractivity contribution in [3.8, 4) is 0 Å². The topological polar surface area (TPSA) is 66.7 Å². The minimum absolute atomic E-state index is 0.101. The van der Waals surface area contributed by atoms with E-state index in [0.29, 0.717) is 24.3 Å². The molecule has 42 heavy (non-hydrogen) atoms. The van der Waals surface area contributed by atoms with Gasteiger partial charge in [-0.05, 0) is 44.8 Å². The largest absolute Gasteiger partial charge is 0.342 e. The maximum Gasteiger partial charge on any atom is 0.270 e. The predicted molar refractivity (Wildman–Crippen MR) is 166 cm³/mol. The molecular formula is C36H27N3O3. The summed E-state index contributed by atoms with van der Waals surface area (Å²) in [5.41, 5.74) is 4.00. The van der Waals surface area contributed by atoms with Gasteiger partial charge in [0, 0.05) is 30.8 Å². The molecule has 0 fully saturated rings. The van der Waals surface area contributed by atoms with E-state index in [9.17, 15) is 14.9 Å². The van der Waals surface area contributed by atoms with Crippen LogP contribution in [-0.4, -0.2) is 15.7 Å². The maximum atomic E-state index is 14.5. The van der Waals surface area contributed by atoms with E-state index in [-0.39, 0.29) is 11.6 Å². The van der Waals surface area contributed by atoms with Gasteiger partial charge in [-0.1, -0.05) is 109 Å². The van der Waals surface area contributed by atoms with Gasteiger partial charge >= 0.3 is 0 Å². The summed E-state index contributed by atoms with van der Waals surface area (Å²) in [7, 11) is 0. The molecule has 1 aliphatic rings. The zero-order valence-corrected chi connectivity index (χ0v) is 22.8. The molecule has 1 heterocycles. The van der Waals surface area contributed by atoms with Crippen molar-refractivity contribution in [2.45, 2.75) is 19.3 Å². The molecule has 0 radical (unpaired) electrons. The summed E-state index contributed by atoms with van der Waals surface area (Å²) >= 11 is 0. The van der Waals surface area contributed by atoms with Crippen LogP contribution in [0, 0.1) is 10.1 Å². The minimum atomic E-state index is -0.483. The Morgan fingerprint density at radius 2 is 1.14 bits per heavy atom. The fraction of sp³-hybridized carbons (Fsp3) is 0.0833. The van der Waals surface area contributed by atoms with Gasteiger partial charge in [0.1, 0.15) is 6.17 Å². The van der Waals surface area contributed by atoms with E-state index >= 15 is 0 Å². The molecule has 1 amide bonds. The van der Waals surface area contributed by atoms with Crippen molar-refractivity contribution in [2.75, 3.05) is 4.90 Å². The third kappa shape index (κ3) is 4.43. The molecule has 1 aliphatic heterocycles. The van der Waals surface area contributed by atoms with Crippen molar-refractivity contribution in [1.29, 1.82) is 0 Å². The van der Waals surface area contributed by atoms with Crippen molar-refractivity contribution in [3.63, 3.8) is 0 Å². The van der Waals surface area contributed by atoms with Gasteiger partial charge < -0.3 is 9.80 Å². The Labute approximate surface area is 243 Å². The molecule has 1 atom stereocenters. The summed E-state index contributed by atoms with van der Waals surface area (Å²) in [6.45, 7) is 0.849. The zero-order chi connectivity index (χ0) is 28.6. The van der Waals surface area contributed by atoms with Gasteiger partial charge in [-0.15, -0.1) is 0 Å². The van der Waals surface area contributed by atoms with Crippen LogP contribution in [0.1, 0.15) is 33.2 Å². The molecule has 0 spiro atoms.